The van der Waals surface area contributed by atoms with Crippen LogP contribution in [0.1, 0.15) is 24.9 Å². The molecule has 0 aliphatic carbocycles. The normalized spacial score (nSPS) is 12.6. The van der Waals surface area contributed by atoms with Gasteiger partial charge in [-0.3, -0.25) is 0 Å². The van der Waals surface area contributed by atoms with Gasteiger partial charge in [0.1, 0.15) is 11.6 Å². The minimum atomic E-state index is -0.339. The molecule has 0 radical (unpaired) electrons. The minimum absolute atomic E-state index is 0.123. The zero-order chi connectivity index (χ0) is 10.7. The summed E-state index contributed by atoms with van der Waals surface area (Å²) in [5, 5.41) is 0. The number of nitrogens with two attached hydrogens (primary N) is 1. The molecule has 1 unspecified atom stereocenters. The van der Waals surface area contributed by atoms with Gasteiger partial charge < -0.3 is 10.5 Å². The fourth-order valence-electron chi connectivity index (χ4n) is 1.23. The van der Waals surface area contributed by atoms with Gasteiger partial charge >= 0.3 is 0 Å². The van der Waals surface area contributed by atoms with Gasteiger partial charge in [-0.05, 0) is 28.4 Å². The van der Waals surface area contributed by atoms with Crippen LogP contribution in [-0.2, 0) is 0 Å². The summed E-state index contributed by atoms with van der Waals surface area (Å²) in [4.78, 5) is 0. The van der Waals surface area contributed by atoms with Crippen LogP contribution >= 0.6 is 15.9 Å². The fraction of sp³-hybridized carbons (Fsp3) is 0.400. The third-order valence-corrected chi connectivity index (χ3v) is 2.72. The maximum Gasteiger partial charge on any atom is 0.141 e. The predicted molar refractivity (Wildman–Crippen MR) is 57.9 cm³/mol. The Bertz CT molecular complexity index is 330. The van der Waals surface area contributed by atoms with Crippen molar-refractivity contribution in [1.29, 1.82) is 0 Å². The number of halogens is 2. The maximum atomic E-state index is 13.1. The molecule has 0 saturated carbocycles. The first-order valence-corrected chi connectivity index (χ1v) is 5.18. The fourth-order valence-corrected chi connectivity index (χ4v) is 1.59. The summed E-state index contributed by atoms with van der Waals surface area (Å²) in [7, 11) is 1.51. The number of rotatable bonds is 3. The van der Waals surface area contributed by atoms with Crippen LogP contribution in [0.2, 0.25) is 0 Å². The van der Waals surface area contributed by atoms with E-state index in [4.69, 9.17) is 10.5 Å². The lowest BCUT2D eigenvalue weighted by Crippen LogP contribution is -2.10. The Morgan fingerprint density at radius 1 is 1.57 bits per heavy atom. The molecule has 1 aromatic rings. The number of ether oxygens (including phenoxy) is 1. The number of hydrogen-bond donors (Lipinski definition) is 1. The molecule has 0 spiro atoms. The summed E-state index contributed by atoms with van der Waals surface area (Å²) in [5.74, 6) is 0.161. The molecule has 1 aromatic carbocycles. The van der Waals surface area contributed by atoms with Crippen molar-refractivity contribution in [2.24, 2.45) is 5.73 Å². The van der Waals surface area contributed by atoms with Crippen LogP contribution < -0.4 is 10.5 Å². The van der Waals surface area contributed by atoms with Gasteiger partial charge in [0, 0.05) is 17.7 Å². The quantitative estimate of drug-likeness (QED) is 0.908. The summed E-state index contributed by atoms with van der Waals surface area (Å²) >= 11 is 3.12. The van der Waals surface area contributed by atoms with Gasteiger partial charge in [-0.15, -0.1) is 0 Å². The van der Waals surface area contributed by atoms with E-state index in [-0.39, 0.29) is 11.9 Å². The molecule has 1 rings (SSSR count). The second kappa shape index (κ2) is 4.75. The van der Waals surface area contributed by atoms with Gasteiger partial charge in [-0.1, -0.05) is 6.92 Å². The minimum Gasteiger partial charge on any atom is -0.496 e. The Kier molecular flexibility index (Phi) is 3.89. The SMILES string of the molecule is CCC(N)c1cc(Br)c(F)cc1OC. The molecular weight excluding hydrogens is 249 g/mol. The van der Waals surface area contributed by atoms with Gasteiger partial charge in [0.2, 0.25) is 0 Å². The lowest BCUT2D eigenvalue weighted by molar-refractivity contribution is 0.401. The van der Waals surface area contributed by atoms with Gasteiger partial charge in [0.15, 0.2) is 0 Å². The average Bonchev–Trinajstić information content (AvgIpc) is 2.20. The Morgan fingerprint density at radius 2 is 2.21 bits per heavy atom. The van der Waals surface area contributed by atoms with Gasteiger partial charge in [-0.2, -0.15) is 0 Å². The van der Waals surface area contributed by atoms with Crippen LogP contribution in [0.3, 0.4) is 0 Å². The van der Waals surface area contributed by atoms with E-state index in [9.17, 15) is 4.39 Å². The zero-order valence-corrected chi connectivity index (χ0v) is 9.77. The molecule has 0 aromatic heterocycles. The van der Waals surface area contributed by atoms with Crippen molar-refractivity contribution in [2.75, 3.05) is 7.11 Å². The Labute approximate surface area is 91.4 Å². The van der Waals surface area contributed by atoms with Crippen molar-refractivity contribution < 1.29 is 9.13 Å². The third-order valence-electron chi connectivity index (χ3n) is 2.11. The van der Waals surface area contributed by atoms with Crippen LogP contribution in [0.15, 0.2) is 16.6 Å². The molecule has 0 fully saturated rings. The van der Waals surface area contributed by atoms with Crippen molar-refractivity contribution >= 4 is 15.9 Å². The van der Waals surface area contributed by atoms with E-state index in [2.05, 4.69) is 15.9 Å². The second-order valence-corrected chi connectivity index (χ2v) is 3.88. The Balaban J connectivity index is 3.19. The topological polar surface area (TPSA) is 35.2 Å². The van der Waals surface area contributed by atoms with E-state index in [1.165, 1.54) is 13.2 Å². The summed E-state index contributed by atoms with van der Waals surface area (Å²) < 4.78 is 18.6. The first-order valence-electron chi connectivity index (χ1n) is 4.38. The van der Waals surface area contributed by atoms with Crippen LogP contribution in [0.25, 0.3) is 0 Å². The lowest BCUT2D eigenvalue weighted by Gasteiger charge is -2.14. The zero-order valence-electron chi connectivity index (χ0n) is 8.18. The summed E-state index contributed by atoms with van der Waals surface area (Å²) in [6, 6.07) is 2.89. The van der Waals surface area contributed by atoms with Crippen molar-refractivity contribution in [1.82, 2.24) is 0 Å². The molecular formula is C10H13BrFNO. The van der Waals surface area contributed by atoms with Crippen LogP contribution in [0.5, 0.6) is 5.75 Å². The Hall–Kier alpha value is -0.610. The van der Waals surface area contributed by atoms with Gasteiger partial charge in [0.05, 0.1) is 11.6 Å². The van der Waals surface area contributed by atoms with E-state index in [0.29, 0.717) is 10.2 Å². The van der Waals surface area contributed by atoms with Crippen LogP contribution in [0, 0.1) is 5.82 Å². The van der Waals surface area contributed by atoms with Gasteiger partial charge in [0.25, 0.3) is 0 Å². The molecule has 78 valence electrons. The second-order valence-electron chi connectivity index (χ2n) is 3.02. The summed E-state index contributed by atoms with van der Waals surface area (Å²) in [5.41, 5.74) is 6.69. The standard InChI is InChI=1S/C10H13BrFNO/c1-3-9(13)6-4-7(11)8(12)5-10(6)14-2/h4-5,9H,3,13H2,1-2H3. The molecule has 1 atom stereocenters. The first-order chi connectivity index (χ1) is 6.60. The third kappa shape index (κ3) is 2.25. The van der Waals surface area contributed by atoms with Crippen molar-refractivity contribution in [3.05, 3.63) is 28.0 Å². The highest BCUT2D eigenvalue weighted by Crippen LogP contribution is 2.30. The molecule has 4 heteroatoms. The number of benzene rings is 1. The molecule has 0 aliphatic rings. The van der Waals surface area contributed by atoms with Crippen molar-refractivity contribution in [3.63, 3.8) is 0 Å². The highest BCUT2D eigenvalue weighted by atomic mass is 79.9. The number of methoxy groups -OCH3 is 1. The van der Waals surface area contributed by atoms with Crippen molar-refractivity contribution in [2.45, 2.75) is 19.4 Å². The highest BCUT2D eigenvalue weighted by molar-refractivity contribution is 9.10. The smallest absolute Gasteiger partial charge is 0.141 e. The average molecular weight is 262 g/mol. The first kappa shape index (κ1) is 11.5. The van der Waals surface area contributed by atoms with Gasteiger partial charge in [-0.25, -0.2) is 4.39 Å². The molecule has 14 heavy (non-hydrogen) atoms. The maximum absolute atomic E-state index is 13.1. The number of hydrogen-bond acceptors (Lipinski definition) is 2. The predicted octanol–water partition coefficient (Wildman–Crippen LogP) is 3.01. The molecule has 0 amide bonds. The van der Waals surface area contributed by atoms with Crippen molar-refractivity contribution in [3.8, 4) is 5.75 Å². The Morgan fingerprint density at radius 3 is 2.71 bits per heavy atom. The van der Waals surface area contributed by atoms with Crippen LogP contribution in [-0.4, -0.2) is 7.11 Å². The summed E-state index contributed by atoms with van der Waals surface area (Å²) in [6.45, 7) is 1.97. The van der Waals surface area contributed by atoms with E-state index in [0.717, 1.165) is 12.0 Å². The van der Waals surface area contributed by atoms with E-state index >= 15 is 0 Å². The molecule has 0 heterocycles. The van der Waals surface area contributed by atoms with E-state index < -0.39 is 0 Å². The van der Waals surface area contributed by atoms with Crippen LogP contribution in [0.4, 0.5) is 4.39 Å². The monoisotopic (exact) mass is 261 g/mol. The highest BCUT2D eigenvalue weighted by Gasteiger charge is 2.13. The largest absolute Gasteiger partial charge is 0.496 e. The molecule has 0 bridgehead atoms. The molecule has 0 saturated heterocycles. The molecule has 2 N–H and O–H groups in total. The molecule has 0 aliphatic heterocycles. The lowest BCUT2D eigenvalue weighted by atomic mass is 10.0. The van der Waals surface area contributed by atoms with E-state index in [1.54, 1.807) is 6.07 Å². The summed E-state index contributed by atoms with van der Waals surface area (Å²) in [6.07, 6.45) is 0.786. The molecule has 2 nitrogen and oxygen atoms in total. The van der Waals surface area contributed by atoms with E-state index in [1.807, 2.05) is 6.92 Å².